The molecule has 17 aromatic carbocycles. The van der Waals surface area contributed by atoms with Crippen LogP contribution in [0.1, 0.15) is 0 Å². The maximum absolute atomic E-state index is 2.67. The summed E-state index contributed by atoms with van der Waals surface area (Å²) in [6, 6.07) is 109. The summed E-state index contributed by atoms with van der Waals surface area (Å²) in [5.74, 6) is 0. The molecule has 21 rings (SSSR count). The van der Waals surface area contributed by atoms with Crippen LogP contribution in [0.15, 0.2) is 285 Å². The van der Waals surface area contributed by atoms with Gasteiger partial charge in [-0.3, -0.25) is 0 Å². The second kappa shape index (κ2) is 16.8. The Labute approximate surface area is 499 Å². The molecular weight excluding hydrogens is 1050 g/mol. The minimum atomic E-state index is -0.107. The first-order valence-corrected chi connectivity index (χ1v) is 30.5. The Morgan fingerprint density at radius 1 is 0.218 bits per heavy atom. The fraction of sp³-hybridized carbons (Fsp3) is 0. The molecule has 396 valence electrons. The summed E-state index contributed by atoms with van der Waals surface area (Å²) in [6.07, 6.45) is 0. The second-order valence-corrected chi connectivity index (χ2v) is 24.5. The molecule has 19 aromatic rings. The van der Waals surface area contributed by atoms with Crippen LogP contribution in [0.2, 0.25) is 0 Å². The Kier molecular flexibility index (Phi) is 8.89. The van der Waals surface area contributed by atoms with E-state index in [0.717, 1.165) is 0 Å². The molecule has 0 saturated heterocycles. The fourth-order valence-electron chi connectivity index (χ4n) is 16.8. The third-order valence-corrected chi connectivity index (χ3v) is 20.3. The number of rotatable bonds is 3. The predicted molar refractivity (Wildman–Crippen MR) is 374 cm³/mol. The summed E-state index contributed by atoms with van der Waals surface area (Å²) >= 11 is 0. The lowest BCUT2D eigenvalue weighted by atomic mass is 9.34. The molecule has 2 aromatic heterocycles. The molecule has 0 spiro atoms. The van der Waals surface area contributed by atoms with Gasteiger partial charge in [-0.05, 0) is 202 Å². The molecule has 3 heteroatoms. The highest BCUT2D eigenvalue weighted by molar-refractivity contribution is 7.00. The number of benzene rings is 17. The quantitative estimate of drug-likeness (QED) is 0.123. The molecule has 0 aliphatic carbocycles. The van der Waals surface area contributed by atoms with E-state index in [4.69, 9.17) is 0 Å². The topological polar surface area (TPSA) is 9.86 Å². The average molecular weight is 1100 g/mol. The fourth-order valence-corrected chi connectivity index (χ4v) is 16.8. The summed E-state index contributed by atoms with van der Waals surface area (Å²) < 4.78 is 5.30. The molecule has 2 nitrogen and oxygen atoms in total. The van der Waals surface area contributed by atoms with Gasteiger partial charge in [0.15, 0.2) is 0 Å². The van der Waals surface area contributed by atoms with Crippen molar-refractivity contribution in [3.63, 3.8) is 0 Å². The number of nitrogens with zero attached hydrogens (tertiary/aromatic N) is 2. The van der Waals surface area contributed by atoms with Gasteiger partial charge in [-0.25, -0.2) is 0 Å². The molecule has 0 fully saturated rings. The Morgan fingerprint density at radius 2 is 0.598 bits per heavy atom. The zero-order valence-corrected chi connectivity index (χ0v) is 47.1. The predicted octanol–water partition coefficient (Wildman–Crippen LogP) is 20.4. The minimum Gasteiger partial charge on any atom is -0.310 e. The highest BCUT2D eigenvalue weighted by atomic mass is 15.0. The largest absolute Gasteiger partial charge is 0.310 e. The number of hydrogen-bond donors (Lipinski definition) is 0. The van der Waals surface area contributed by atoms with Gasteiger partial charge < -0.3 is 9.13 Å². The van der Waals surface area contributed by atoms with E-state index in [-0.39, 0.29) is 6.71 Å². The lowest BCUT2D eigenvalue weighted by Gasteiger charge is -2.34. The molecule has 4 heterocycles. The van der Waals surface area contributed by atoms with Crippen LogP contribution in [-0.4, -0.2) is 15.8 Å². The lowest BCUT2D eigenvalue weighted by Crippen LogP contribution is -2.59. The van der Waals surface area contributed by atoms with Crippen molar-refractivity contribution in [3.05, 3.63) is 285 Å². The first-order chi connectivity index (χ1) is 43.2. The van der Waals surface area contributed by atoms with Crippen molar-refractivity contribution in [2.75, 3.05) is 0 Å². The van der Waals surface area contributed by atoms with Gasteiger partial charge in [-0.2, -0.15) is 0 Å². The van der Waals surface area contributed by atoms with Crippen LogP contribution < -0.4 is 16.4 Å². The van der Waals surface area contributed by atoms with E-state index >= 15 is 0 Å². The zero-order valence-electron chi connectivity index (χ0n) is 47.1. The highest BCUT2D eigenvalue weighted by Gasteiger charge is 2.42. The van der Waals surface area contributed by atoms with Gasteiger partial charge in [0.1, 0.15) is 0 Å². The van der Waals surface area contributed by atoms with Crippen LogP contribution in [0.25, 0.3) is 185 Å². The van der Waals surface area contributed by atoms with E-state index in [0.29, 0.717) is 0 Å². The van der Waals surface area contributed by atoms with Crippen molar-refractivity contribution in [1.29, 1.82) is 0 Å². The van der Waals surface area contributed by atoms with Crippen LogP contribution in [0, 0.1) is 0 Å². The smallest absolute Gasteiger partial charge is 0.252 e. The Balaban J connectivity index is 0.927. The Bertz CT molecular complexity index is 6390. The van der Waals surface area contributed by atoms with E-state index in [2.05, 4.69) is 294 Å². The summed E-state index contributed by atoms with van der Waals surface area (Å²) in [7, 11) is 0. The monoisotopic (exact) mass is 1090 g/mol. The van der Waals surface area contributed by atoms with Crippen molar-refractivity contribution in [2.24, 2.45) is 0 Å². The zero-order chi connectivity index (χ0) is 56.3. The van der Waals surface area contributed by atoms with Gasteiger partial charge in [0.05, 0.1) is 16.6 Å². The van der Waals surface area contributed by atoms with Gasteiger partial charge in [0.25, 0.3) is 6.71 Å². The van der Waals surface area contributed by atoms with Crippen LogP contribution in [0.4, 0.5) is 0 Å². The summed E-state index contributed by atoms with van der Waals surface area (Å²) in [4.78, 5) is 0. The first-order valence-electron chi connectivity index (χ1n) is 30.5. The second-order valence-electron chi connectivity index (χ2n) is 24.5. The van der Waals surface area contributed by atoms with Gasteiger partial charge in [-0.15, -0.1) is 0 Å². The van der Waals surface area contributed by atoms with Crippen LogP contribution in [0.5, 0.6) is 0 Å². The van der Waals surface area contributed by atoms with E-state index in [1.54, 1.807) is 0 Å². The molecular formula is C84H47BN2. The standard InChI is InChI=1S/C84H47BN2/c1-4-21-54-48(18-1)40-67(62-29-11-7-24-57(54)62)51-36-38-76-70(43-51)72-45-53(69-42-50-20-3-6-23-56(50)59-26-9-13-31-64(59)69)46-74-83(72)86(76)78-34-17-35-79-82(78)85(74)75-47-71-65-32-14-10-27-60(65)61-28-15-16-33-66(61)80(71)81-73-44-52(37-39-77(73)87(79)84(75)81)68-41-49-19-2-5-22-55(49)58-25-8-12-30-63(58)68/h1-47H. The van der Waals surface area contributed by atoms with Gasteiger partial charge >= 0.3 is 0 Å². The Morgan fingerprint density at radius 3 is 1.13 bits per heavy atom. The van der Waals surface area contributed by atoms with Gasteiger partial charge in [-0.1, -0.05) is 224 Å². The SMILES string of the molecule is c1cc2c3c(c1)-n1c4ccc(-c5cc6ccccc6c6ccccc56)cc4c4c5c6ccccc6c6ccccc6c5cc(c41)B3c1cc(-c3cc4ccccc4c4ccccc34)cc3c4cc(-c5cc6ccccc6c6ccccc56)ccc4n-2c13. The molecule has 2 aliphatic rings. The van der Waals surface area contributed by atoms with Crippen molar-refractivity contribution in [1.82, 2.24) is 9.13 Å². The third-order valence-electron chi connectivity index (χ3n) is 20.3. The first kappa shape index (κ1) is 46.2. The van der Waals surface area contributed by atoms with Crippen LogP contribution >= 0.6 is 0 Å². The highest BCUT2D eigenvalue weighted by Crippen LogP contribution is 2.49. The van der Waals surface area contributed by atoms with E-state index in [9.17, 15) is 0 Å². The lowest BCUT2D eigenvalue weighted by molar-refractivity contribution is 1.14. The van der Waals surface area contributed by atoms with Crippen LogP contribution in [-0.2, 0) is 0 Å². The molecule has 2 aliphatic heterocycles. The van der Waals surface area contributed by atoms with Crippen molar-refractivity contribution < 1.29 is 0 Å². The molecule has 0 saturated carbocycles. The van der Waals surface area contributed by atoms with Crippen molar-refractivity contribution in [3.8, 4) is 44.8 Å². The summed E-state index contributed by atoms with van der Waals surface area (Å²) in [5.41, 5.74) is 18.9. The number of hydrogen-bond acceptors (Lipinski definition) is 0. The maximum Gasteiger partial charge on any atom is 0.252 e. The maximum atomic E-state index is 2.67. The Hall–Kier alpha value is -11.3. The normalized spacial score (nSPS) is 12.8. The summed E-state index contributed by atoms with van der Waals surface area (Å²) in [5, 5.41) is 28.0. The molecule has 0 radical (unpaired) electrons. The molecule has 0 atom stereocenters. The number of fused-ring (bicyclic) bond motifs is 26. The molecule has 0 bridgehead atoms. The summed E-state index contributed by atoms with van der Waals surface area (Å²) in [6.45, 7) is -0.107. The van der Waals surface area contributed by atoms with E-state index in [1.165, 1.54) is 202 Å². The molecule has 0 amide bonds. The van der Waals surface area contributed by atoms with E-state index in [1.807, 2.05) is 0 Å². The van der Waals surface area contributed by atoms with Crippen LogP contribution in [0.3, 0.4) is 0 Å². The third kappa shape index (κ3) is 6.00. The minimum absolute atomic E-state index is 0.107. The van der Waals surface area contributed by atoms with Gasteiger partial charge in [0, 0.05) is 43.8 Å². The molecule has 0 N–H and O–H groups in total. The number of aromatic nitrogens is 2. The van der Waals surface area contributed by atoms with Crippen molar-refractivity contribution in [2.45, 2.75) is 0 Å². The molecule has 0 unspecified atom stereocenters. The average Bonchev–Trinajstić information content (AvgIpc) is 1.59. The van der Waals surface area contributed by atoms with E-state index < -0.39 is 0 Å². The van der Waals surface area contributed by atoms with Crippen molar-refractivity contribution >= 4 is 164 Å². The van der Waals surface area contributed by atoms with Gasteiger partial charge in [0.2, 0.25) is 0 Å². The molecule has 87 heavy (non-hydrogen) atoms.